The molecule has 2 aliphatic rings. The Labute approximate surface area is 156 Å². The van der Waals surface area contributed by atoms with E-state index in [0.717, 1.165) is 4.90 Å². The van der Waals surface area contributed by atoms with Gasteiger partial charge >= 0.3 is 12.0 Å². The van der Waals surface area contributed by atoms with Gasteiger partial charge in [0.15, 0.2) is 0 Å². The summed E-state index contributed by atoms with van der Waals surface area (Å²) in [5, 5.41) is 0. The van der Waals surface area contributed by atoms with Crippen LogP contribution in [-0.2, 0) is 14.3 Å². The maximum Gasteiger partial charge on any atom is 0.328 e. The van der Waals surface area contributed by atoms with Gasteiger partial charge in [0, 0.05) is 26.2 Å². The number of amides is 3. The highest BCUT2D eigenvalue weighted by Crippen LogP contribution is 2.22. The third-order valence-corrected chi connectivity index (χ3v) is 4.57. The highest BCUT2D eigenvalue weighted by Gasteiger charge is 2.48. The van der Waals surface area contributed by atoms with Gasteiger partial charge in [0.2, 0.25) is 0 Å². The molecule has 0 spiro atoms. The fourth-order valence-corrected chi connectivity index (χ4v) is 3.22. The van der Waals surface area contributed by atoms with Gasteiger partial charge in [-0.25, -0.2) is 9.18 Å². The Morgan fingerprint density at radius 2 is 1.96 bits per heavy atom. The fourth-order valence-electron chi connectivity index (χ4n) is 3.22. The molecule has 2 saturated heterocycles. The number of hydrogen-bond acceptors (Lipinski definition) is 6. The summed E-state index contributed by atoms with van der Waals surface area (Å²) in [4.78, 5) is 41.0. The number of benzene rings is 1. The minimum atomic E-state index is -0.594. The molecule has 0 N–H and O–H groups in total. The number of piperazine rings is 1. The van der Waals surface area contributed by atoms with Gasteiger partial charge in [-0.15, -0.1) is 0 Å². The minimum Gasteiger partial charge on any atom is -0.492 e. The van der Waals surface area contributed by atoms with Crippen molar-refractivity contribution in [1.82, 2.24) is 14.7 Å². The van der Waals surface area contributed by atoms with Crippen LogP contribution in [-0.4, -0.2) is 84.6 Å². The second-order valence-electron chi connectivity index (χ2n) is 6.32. The van der Waals surface area contributed by atoms with Gasteiger partial charge in [0.05, 0.1) is 6.61 Å². The van der Waals surface area contributed by atoms with E-state index in [4.69, 9.17) is 9.47 Å². The van der Waals surface area contributed by atoms with E-state index in [1.165, 1.54) is 17.0 Å². The number of fused-ring (bicyclic) bond motifs is 1. The van der Waals surface area contributed by atoms with Crippen molar-refractivity contribution in [2.75, 3.05) is 45.9 Å². The molecule has 2 fully saturated rings. The molecule has 3 amide bonds. The standard InChI is InChI=1S/C18H22FN3O5/c1-2-26-16(23)12-22-17(24)15-11-20(7-8-21(15)18(22)25)9-10-27-14-5-3-13(19)4-6-14/h3-6,15H,2,7-12H2,1H3. The number of rotatable bonds is 7. The summed E-state index contributed by atoms with van der Waals surface area (Å²) in [6.45, 7) is 3.86. The number of ether oxygens (including phenoxy) is 2. The smallest absolute Gasteiger partial charge is 0.328 e. The van der Waals surface area contributed by atoms with Crippen LogP contribution in [0.5, 0.6) is 5.75 Å². The van der Waals surface area contributed by atoms with Crippen LogP contribution in [0.4, 0.5) is 9.18 Å². The zero-order chi connectivity index (χ0) is 19.4. The number of urea groups is 1. The Balaban J connectivity index is 1.51. The largest absolute Gasteiger partial charge is 0.492 e. The van der Waals surface area contributed by atoms with Crippen molar-refractivity contribution in [3.8, 4) is 5.75 Å². The quantitative estimate of drug-likeness (QED) is 0.513. The molecule has 0 aromatic heterocycles. The molecule has 0 saturated carbocycles. The Morgan fingerprint density at radius 3 is 2.67 bits per heavy atom. The van der Waals surface area contributed by atoms with Crippen LogP contribution in [0, 0.1) is 5.82 Å². The number of esters is 1. The van der Waals surface area contributed by atoms with Gasteiger partial charge in [0.25, 0.3) is 5.91 Å². The lowest BCUT2D eigenvalue weighted by Crippen LogP contribution is -2.53. The topological polar surface area (TPSA) is 79.4 Å². The highest BCUT2D eigenvalue weighted by molar-refractivity contribution is 6.06. The molecule has 1 atom stereocenters. The van der Waals surface area contributed by atoms with Crippen molar-refractivity contribution in [3.63, 3.8) is 0 Å². The molecule has 3 rings (SSSR count). The third-order valence-electron chi connectivity index (χ3n) is 4.57. The number of carbonyl (C=O) groups is 3. The predicted octanol–water partition coefficient (Wildman–Crippen LogP) is 0.716. The number of hydrogen-bond donors (Lipinski definition) is 0. The lowest BCUT2D eigenvalue weighted by Gasteiger charge is -2.35. The molecule has 1 unspecified atom stereocenters. The Bertz CT molecular complexity index is 711. The van der Waals surface area contributed by atoms with E-state index in [1.54, 1.807) is 19.1 Å². The van der Waals surface area contributed by atoms with Gasteiger partial charge < -0.3 is 14.4 Å². The first kappa shape index (κ1) is 19.1. The van der Waals surface area contributed by atoms with E-state index in [1.807, 2.05) is 4.90 Å². The lowest BCUT2D eigenvalue weighted by atomic mass is 10.2. The fraction of sp³-hybridized carbons (Fsp3) is 0.500. The second kappa shape index (κ2) is 8.34. The molecule has 1 aromatic carbocycles. The molecule has 0 bridgehead atoms. The molecule has 146 valence electrons. The zero-order valence-electron chi connectivity index (χ0n) is 15.1. The summed E-state index contributed by atoms with van der Waals surface area (Å²) in [6.07, 6.45) is 0. The van der Waals surface area contributed by atoms with E-state index >= 15 is 0 Å². The summed E-state index contributed by atoms with van der Waals surface area (Å²) >= 11 is 0. The van der Waals surface area contributed by atoms with Gasteiger partial charge in [0.1, 0.15) is 30.8 Å². The zero-order valence-corrected chi connectivity index (χ0v) is 15.1. The Morgan fingerprint density at radius 1 is 1.22 bits per heavy atom. The maximum absolute atomic E-state index is 12.9. The van der Waals surface area contributed by atoms with Crippen molar-refractivity contribution in [2.24, 2.45) is 0 Å². The molecule has 27 heavy (non-hydrogen) atoms. The van der Waals surface area contributed by atoms with Crippen molar-refractivity contribution < 1.29 is 28.2 Å². The van der Waals surface area contributed by atoms with Crippen LogP contribution in [0.25, 0.3) is 0 Å². The Hall–Kier alpha value is -2.68. The molecular weight excluding hydrogens is 357 g/mol. The van der Waals surface area contributed by atoms with Crippen LogP contribution < -0.4 is 4.74 Å². The normalized spacial score (nSPS) is 20.0. The van der Waals surface area contributed by atoms with E-state index in [0.29, 0.717) is 38.5 Å². The summed E-state index contributed by atoms with van der Waals surface area (Å²) < 4.78 is 23.3. The lowest BCUT2D eigenvalue weighted by molar-refractivity contribution is -0.146. The van der Waals surface area contributed by atoms with Gasteiger partial charge in [-0.2, -0.15) is 0 Å². The van der Waals surface area contributed by atoms with Crippen molar-refractivity contribution in [2.45, 2.75) is 13.0 Å². The maximum atomic E-state index is 12.9. The predicted molar refractivity (Wildman–Crippen MR) is 92.6 cm³/mol. The molecule has 1 aromatic rings. The molecule has 2 heterocycles. The van der Waals surface area contributed by atoms with E-state index < -0.39 is 18.0 Å². The monoisotopic (exact) mass is 379 g/mol. The van der Waals surface area contributed by atoms with Gasteiger partial charge in [-0.1, -0.05) is 0 Å². The number of imide groups is 1. The summed E-state index contributed by atoms with van der Waals surface area (Å²) in [6, 6.07) is 4.73. The first-order valence-electron chi connectivity index (χ1n) is 8.88. The summed E-state index contributed by atoms with van der Waals surface area (Å²) in [7, 11) is 0. The van der Waals surface area contributed by atoms with E-state index in [9.17, 15) is 18.8 Å². The SMILES string of the molecule is CCOC(=O)CN1C(=O)C2CN(CCOc3ccc(F)cc3)CCN2C1=O. The van der Waals surface area contributed by atoms with Crippen molar-refractivity contribution in [3.05, 3.63) is 30.1 Å². The van der Waals surface area contributed by atoms with Crippen LogP contribution in [0.3, 0.4) is 0 Å². The molecule has 0 aliphatic carbocycles. The number of nitrogens with zero attached hydrogens (tertiary/aromatic N) is 3. The summed E-state index contributed by atoms with van der Waals surface area (Å²) in [5.41, 5.74) is 0. The van der Waals surface area contributed by atoms with E-state index in [-0.39, 0.29) is 24.9 Å². The van der Waals surface area contributed by atoms with Crippen LogP contribution in [0.1, 0.15) is 6.92 Å². The molecule has 8 nitrogen and oxygen atoms in total. The third kappa shape index (κ3) is 4.36. The molecule has 9 heteroatoms. The van der Waals surface area contributed by atoms with Crippen LogP contribution in [0.2, 0.25) is 0 Å². The van der Waals surface area contributed by atoms with Crippen LogP contribution in [0.15, 0.2) is 24.3 Å². The summed E-state index contributed by atoms with van der Waals surface area (Å²) in [5.74, 6) is -0.723. The number of carbonyl (C=O) groups excluding carboxylic acids is 3. The van der Waals surface area contributed by atoms with Crippen molar-refractivity contribution >= 4 is 17.9 Å². The van der Waals surface area contributed by atoms with Crippen molar-refractivity contribution in [1.29, 1.82) is 0 Å². The number of halogens is 1. The molecular formula is C18H22FN3O5. The Kier molecular flexibility index (Phi) is 5.90. The average Bonchev–Trinajstić information content (AvgIpc) is 2.88. The second-order valence-corrected chi connectivity index (χ2v) is 6.32. The average molecular weight is 379 g/mol. The molecule has 2 aliphatic heterocycles. The highest BCUT2D eigenvalue weighted by atomic mass is 19.1. The van der Waals surface area contributed by atoms with Crippen LogP contribution >= 0.6 is 0 Å². The van der Waals surface area contributed by atoms with Gasteiger partial charge in [-0.05, 0) is 31.2 Å². The molecule has 0 radical (unpaired) electrons. The van der Waals surface area contributed by atoms with Gasteiger partial charge in [-0.3, -0.25) is 19.4 Å². The van der Waals surface area contributed by atoms with E-state index in [2.05, 4.69) is 0 Å². The first-order chi connectivity index (χ1) is 13.0. The first-order valence-corrected chi connectivity index (χ1v) is 8.88. The minimum absolute atomic E-state index is 0.198.